The van der Waals surface area contributed by atoms with Crippen molar-refractivity contribution >= 4 is 11.6 Å². The van der Waals surface area contributed by atoms with Crippen molar-refractivity contribution in [2.24, 2.45) is 5.92 Å². The Morgan fingerprint density at radius 3 is 2.57 bits per heavy atom. The summed E-state index contributed by atoms with van der Waals surface area (Å²) >= 11 is 0. The second kappa shape index (κ2) is 8.22. The second-order valence-corrected chi connectivity index (χ2v) is 5.74. The summed E-state index contributed by atoms with van der Waals surface area (Å²) in [5.74, 6) is 1.83. The van der Waals surface area contributed by atoms with E-state index >= 15 is 0 Å². The van der Waals surface area contributed by atoms with Gasteiger partial charge < -0.3 is 14.8 Å². The summed E-state index contributed by atoms with van der Waals surface area (Å²) in [5.41, 5.74) is 1.26. The molecule has 0 aliphatic heterocycles. The fourth-order valence-corrected chi connectivity index (χ4v) is 2.04. The van der Waals surface area contributed by atoms with E-state index in [1.54, 1.807) is 25.3 Å². The molecule has 2 aromatic carbocycles. The van der Waals surface area contributed by atoms with Gasteiger partial charge in [-0.1, -0.05) is 26.0 Å². The van der Waals surface area contributed by atoms with Crippen molar-refractivity contribution in [3.05, 3.63) is 54.1 Å². The highest BCUT2D eigenvalue weighted by atomic mass is 16.5. The van der Waals surface area contributed by atoms with Gasteiger partial charge in [-0.25, -0.2) is 0 Å². The van der Waals surface area contributed by atoms with Crippen molar-refractivity contribution in [2.45, 2.75) is 20.3 Å². The molecule has 0 spiro atoms. The highest BCUT2D eigenvalue weighted by Gasteiger charge is 2.08. The number of nitrogens with one attached hydrogen (secondary N) is 1. The number of hydrogen-bond acceptors (Lipinski definition) is 3. The number of carbonyl (C=O) groups excluding carboxylic acids is 1. The number of benzene rings is 2. The van der Waals surface area contributed by atoms with Crippen LogP contribution in [0.4, 0.5) is 5.69 Å². The van der Waals surface area contributed by atoms with Crippen LogP contribution in [0.5, 0.6) is 11.5 Å². The molecule has 122 valence electrons. The zero-order valence-corrected chi connectivity index (χ0v) is 13.8. The maximum absolute atomic E-state index is 12.3. The zero-order chi connectivity index (χ0) is 16.7. The molecule has 0 heterocycles. The van der Waals surface area contributed by atoms with Crippen LogP contribution >= 0.6 is 0 Å². The van der Waals surface area contributed by atoms with Gasteiger partial charge in [0.2, 0.25) is 0 Å². The van der Waals surface area contributed by atoms with Crippen LogP contribution < -0.4 is 14.8 Å². The van der Waals surface area contributed by atoms with E-state index in [1.807, 2.05) is 30.3 Å². The number of rotatable bonds is 7. The van der Waals surface area contributed by atoms with Gasteiger partial charge in [0.05, 0.1) is 13.7 Å². The van der Waals surface area contributed by atoms with E-state index in [4.69, 9.17) is 9.47 Å². The number of carbonyl (C=O) groups is 1. The monoisotopic (exact) mass is 313 g/mol. The van der Waals surface area contributed by atoms with Crippen molar-refractivity contribution in [2.75, 3.05) is 19.0 Å². The molecule has 1 amide bonds. The van der Waals surface area contributed by atoms with Gasteiger partial charge in [-0.2, -0.15) is 0 Å². The van der Waals surface area contributed by atoms with Crippen LogP contribution in [0.3, 0.4) is 0 Å². The second-order valence-electron chi connectivity index (χ2n) is 5.74. The molecule has 0 bridgehead atoms. The summed E-state index contributed by atoms with van der Waals surface area (Å²) in [5, 5.41) is 2.86. The van der Waals surface area contributed by atoms with Crippen molar-refractivity contribution in [3.8, 4) is 11.5 Å². The summed E-state index contributed by atoms with van der Waals surface area (Å²) in [6, 6.07) is 14.5. The fourth-order valence-electron chi connectivity index (χ4n) is 2.04. The molecule has 0 fully saturated rings. The third-order valence-electron chi connectivity index (χ3n) is 3.39. The first-order valence-electron chi connectivity index (χ1n) is 7.76. The smallest absolute Gasteiger partial charge is 0.255 e. The summed E-state index contributed by atoms with van der Waals surface area (Å²) in [7, 11) is 1.60. The predicted octanol–water partition coefficient (Wildman–Crippen LogP) is 4.37. The molecule has 0 unspecified atom stereocenters. The summed E-state index contributed by atoms with van der Waals surface area (Å²) in [6.45, 7) is 4.96. The Balaban J connectivity index is 2.01. The molecule has 4 nitrogen and oxygen atoms in total. The largest absolute Gasteiger partial charge is 0.497 e. The molecule has 0 aliphatic carbocycles. The first-order valence-corrected chi connectivity index (χ1v) is 7.76. The van der Waals surface area contributed by atoms with Crippen LogP contribution in [-0.4, -0.2) is 19.6 Å². The summed E-state index contributed by atoms with van der Waals surface area (Å²) in [4.78, 5) is 12.3. The number of amides is 1. The van der Waals surface area contributed by atoms with Gasteiger partial charge >= 0.3 is 0 Å². The summed E-state index contributed by atoms with van der Waals surface area (Å²) in [6.07, 6.45) is 0.986. The van der Waals surface area contributed by atoms with Gasteiger partial charge in [-0.3, -0.25) is 4.79 Å². The molecule has 2 rings (SSSR count). The lowest BCUT2D eigenvalue weighted by atomic mass is 10.1. The third kappa shape index (κ3) is 5.33. The lowest BCUT2D eigenvalue weighted by Crippen LogP contribution is -2.12. The molecule has 0 saturated heterocycles. The molecule has 4 heteroatoms. The van der Waals surface area contributed by atoms with Crippen LogP contribution in [0.25, 0.3) is 0 Å². The molecular formula is C19H23NO3. The third-order valence-corrected chi connectivity index (χ3v) is 3.39. The fraction of sp³-hybridized carbons (Fsp3) is 0.316. The van der Waals surface area contributed by atoms with Crippen LogP contribution in [0, 0.1) is 5.92 Å². The highest BCUT2D eigenvalue weighted by molar-refractivity contribution is 6.04. The Morgan fingerprint density at radius 2 is 1.83 bits per heavy atom. The molecule has 0 saturated carbocycles. The van der Waals surface area contributed by atoms with Crippen molar-refractivity contribution in [3.63, 3.8) is 0 Å². The Kier molecular flexibility index (Phi) is 6.03. The normalized spacial score (nSPS) is 10.4. The number of anilines is 1. The van der Waals surface area contributed by atoms with E-state index in [0.29, 0.717) is 35.3 Å². The quantitative estimate of drug-likeness (QED) is 0.825. The molecule has 1 N–H and O–H groups in total. The lowest BCUT2D eigenvalue weighted by Gasteiger charge is -2.10. The minimum Gasteiger partial charge on any atom is -0.497 e. The van der Waals surface area contributed by atoms with Gasteiger partial charge in [0.25, 0.3) is 5.91 Å². The standard InChI is InChI=1S/C19H23NO3/c1-14(2)10-11-23-18-9-4-6-15(12-18)19(21)20-16-7-5-8-17(13-16)22-3/h4-9,12-14H,10-11H2,1-3H3,(H,20,21). The van der Waals surface area contributed by atoms with Gasteiger partial charge in [0.1, 0.15) is 11.5 Å². The Labute approximate surface area is 137 Å². The van der Waals surface area contributed by atoms with Gasteiger partial charge in [-0.15, -0.1) is 0 Å². The zero-order valence-electron chi connectivity index (χ0n) is 13.8. The molecular weight excluding hydrogens is 290 g/mol. The molecule has 0 radical (unpaired) electrons. The van der Waals surface area contributed by atoms with E-state index in [0.717, 1.165) is 6.42 Å². The minimum absolute atomic E-state index is 0.174. The SMILES string of the molecule is COc1cccc(NC(=O)c2cccc(OCCC(C)C)c2)c1. The Bertz CT molecular complexity index is 653. The predicted molar refractivity (Wildman–Crippen MR) is 92.3 cm³/mol. The van der Waals surface area contributed by atoms with Crippen molar-refractivity contribution in [1.82, 2.24) is 0 Å². The van der Waals surface area contributed by atoms with Crippen LogP contribution in [-0.2, 0) is 0 Å². The average Bonchev–Trinajstić information content (AvgIpc) is 2.55. The Hall–Kier alpha value is -2.49. The van der Waals surface area contributed by atoms with Gasteiger partial charge in [0, 0.05) is 17.3 Å². The maximum atomic E-state index is 12.3. The van der Waals surface area contributed by atoms with E-state index in [2.05, 4.69) is 19.2 Å². The average molecular weight is 313 g/mol. The van der Waals surface area contributed by atoms with Crippen molar-refractivity contribution in [1.29, 1.82) is 0 Å². The van der Waals surface area contributed by atoms with Crippen LogP contribution in [0.2, 0.25) is 0 Å². The van der Waals surface area contributed by atoms with E-state index in [1.165, 1.54) is 0 Å². The lowest BCUT2D eigenvalue weighted by molar-refractivity contribution is 0.102. The highest BCUT2D eigenvalue weighted by Crippen LogP contribution is 2.19. The van der Waals surface area contributed by atoms with Gasteiger partial charge in [-0.05, 0) is 42.7 Å². The molecule has 2 aromatic rings. The number of methoxy groups -OCH3 is 1. The number of ether oxygens (including phenoxy) is 2. The van der Waals surface area contributed by atoms with Crippen LogP contribution in [0.15, 0.2) is 48.5 Å². The first-order chi connectivity index (χ1) is 11.1. The van der Waals surface area contributed by atoms with E-state index in [9.17, 15) is 4.79 Å². The minimum atomic E-state index is -0.174. The number of hydrogen-bond donors (Lipinski definition) is 1. The van der Waals surface area contributed by atoms with Crippen LogP contribution in [0.1, 0.15) is 30.6 Å². The molecule has 0 aromatic heterocycles. The molecule has 0 aliphatic rings. The van der Waals surface area contributed by atoms with E-state index < -0.39 is 0 Å². The topological polar surface area (TPSA) is 47.6 Å². The van der Waals surface area contributed by atoms with Crippen molar-refractivity contribution < 1.29 is 14.3 Å². The van der Waals surface area contributed by atoms with E-state index in [-0.39, 0.29) is 5.91 Å². The first kappa shape index (κ1) is 16.9. The van der Waals surface area contributed by atoms with Gasteiger partial charge in [0.15, 0.2) is 0 Å². The summed E-state index contributed by atoms with van der Waals surface area (Å²) < 4.78 is 10.8. The maximum Gasteiger partial charge on any atom is 0.255 e. The molecule has 23 heavy (non-hydrogen) atoms. The molecule has 0 atom stereocenters. The Morgan fingerprint density at radius 1 is 1.09 bits per heavy atom.